The van der Waals surface area contributed by atoms with Gasteiger partial charge in [0.15, 0.2) is 0 Å². The Labute approximate surface area is 107 Å². The molecule has 88 valence electrons. The van der Waals surface area contributed by atoms with Gasteiger partial charge in [-0.2, -0.15) is 0 Å². The zero-order valence-corrected chi connectivity index (χ0v) is 11.5. The highest BCUT2D eigenvalue weighted by Gasteiger charge is 2.14. The number of rotatable bonds is 4. The summed E-state index contributed by atoms with van der Waals surface area (Å²) in [6.45, 7) is 6.33. The minimum Gasteiger partial charge on any atom is -0.298 e. The second-order valence-corrected chi connectivity index (χ2v) is 6.92. The van der Waals surface area contributed by atoms with Gasteiger partial charge in [0.1, 0.15) is 5.78 Å². The molecule has 1 rings (SSSR count). The van der Waals surface area contributed by atoms with E-state index in [2.05, 4.69) is 20.8 Å². The maximum Gasteiger partial charge on any atom is 0.147 e. The van der Waals surface area contributed by atoms with Crippen LogP contribution in [0.1, 0.15) is 26.3 Å². The molecular formula is C13H17ClOS. The molecule has 0 saturated carbocycles. The Morgan fingerprint density at radius 2 is 1.94 bits per heavy atom. The monoisotopic (exact) mass is 256 g/mol. The van der Waals surface area contributed by atoms with E-state index in [9.17, 15) is 4.79 Å². The van der Waals surface area contributed by atoms with Crippen molar-refractivity contribution in [3.63, 3.8) is 0 Å². The van der Waals surface area contributed by atoms with Gasteiger partial charge in [0.05, 0.1) is 5.75 Å². The van der Waals surface area contributed by atoms with E-state index in [0.717, 1.165) is 5.56 Å². The van der Waals surface area contributed by atoms with Gasteiger partial charge in [0.2, 0.25) is 0 Å². The summed E-state index contributed by atoms with van der Waals surface area (Å²) in [5.41, 5.74) is 0.920. The Balaban J connectivity index is 2.50. The number of thioether (sulfide) groups is 1. The van der Waals surface area contributed by atoms with Crippen molar-refractivity contribution in [2.24, 2.45) is 0 Å². The molecule has 16 heavy (non-hydrogen) atoms. The van der Waals surface area contributed by atoms with Crippen LogP contribution >= 0.6 is 23.4 Å². The SMILES string of the molecule is CC(C)(C)SCC(=O)Cc1ccccc1Cl. The average Bonchev–Trinajstić information content (AvgIpc) is 2.18. The predicted molar refractivity (Wildman–Crippen MR) is 72.4 cm³/mol. The molecular weight excluding hydrogens is 240 g/mol. The molecule has 0 fully saturated rings. The van der Waals surface area contributed by atoms with Gasteiger partial charge < -0.3 is 0 Å². The van der Waals surface area contributed by atoms with Crippen LogP contribution in [0.3, 0.4) is 0 Å². The normalized spacial score (nSPS) is 11.5. The van der Waals surface area contributed by atoms with Crippen LogP contribution in [0.4, 0.5) is 0 Å². The number of ketones is 1. The molecule has 0 amide bonds. The average molecular weight is 257 g/mol. The minimum atomic E-state index is 0.135. The summed E-state index contributed by atoms with van der Waals surface area (Å²) in [5, 5.41) is 0.677. The largest absolute Gasteiger partial charge is 0.298 e. The zero-order valence-electron chi connectivity index (χ0n) is 9.92. The van der Waals surface area contributed by atoms with Crippen LogP contribution in [0, 0.1) is 0 Å². The number of benzene rings is 1. The topological polar surface area (TPSA) is 17.1 Å². The van der Waals surface area contributed by atoms with Gasteiger partial charge in [-0.15, -0.1) is 11.8 Å². The van der Waals surface area contributed by atoms with Crippen LogP contribution in [-0.4, -0.2) is 16.3 Å². The molecule has 0 saturated heterocycles. The number of hydrogen-bond acceptors (Lipinski definition) is 2. The first-order valence-corrected chi connectivity index (χ1v) is 6.64. The van der Waals surface area contributed by atoms with E-state index in [4.69, 9.17) is 11.6 Å². The van der Waals surface area contributed by atoms with E-state index in [1.54, 1.807) is 11.8 Å². The van der Waals surface area contributed by atoms with E-state index in [1.807, 2.05) is 24.3 Å². The van der Waals surface area contributed by atoms with E-state index >= 15 is 0 Å². The molecule has 0 aliphatic carbocycles. The summed E-state index contributed by atoms with van der Waals surface area (Å²) in [6, 6.07) is 7.51. The molecule has 0 aliphatic heterocycles. The van der Waals surface area contributed by atoms with Crippen LogP contribution in [-0.2, 0) is 11.2 Å². The molecule has 1 aromatic carbocycles. The summed E-state index contributed by atoms with van der Waals surface area (Å²) in [5.74, 6) is 0.780. The predicted octanol–water partition coefficient (Wildman–Crippen LogP) is 3.98. The van der Waals surface area contributed by atoms with Crippen molar-refractivity contribution >= 4 is 29.1 Å². The molecule has 0 heterocycles. The lowest BCUT2D eigenvalue weighted by atomic mass is 10.1. The Hall–Kier alpha value is -0.470. The van der Waals surface area contributed by atoms with Crippen molar-refractivity contribution in [2.75, 3.05) is 5.75 Å². The molecule has 0 aliphatic rings. The Morgan fingerprint density at radius 1 is 1.31 bits per heavy atom. The fraction of sp³-hybridized carbons (Fsp3) is 0.462. The second-order valence-electron chi connectivity index (χ2n) is 4.71. The third kappa shape index (κ3) is 5.04. The first-order valence-electron chi connectivity index (χ1n) is 5.27. The van der Waals surface area contributed by atoms with Crippen LogP contribution in [0.2, 0.25) is 5.02 Å². The third-order valence-electron chi connectivity index (χ3n) is 2.01. The molecule has 0 N–H and O–H groups in total. The zero-order chi connectivity index (χ0) is 12.2. The van der Waals surface area contributed by atoms with E-state index < -0.39 is 0 Å². The molecule has 0 bridgehead atoms. The van der Waals surface area contributed by atoms with Gasteiger partial charge in [-0.1, -0.05) is 50.6 Å². The molecule has 0 spiro atoms. The Morgan fingerprint density at radius 3 is 2.50 bits per heavy atom. The highest BCUT2D eigenvalue weighted by molar-refractivity contribution is 8.01. The molecule has 0 unspecified atom stereocenters. The van der Waals surface area contributed by atoms with Crippen LogP contribution < -0.4 is 0 Å². The van der Waals surface area contributed by atoms with Crippen molar-refractivity contribution in [1.29, 1.82) is 0 Å². The lowest BCUT2D eigenvalue weighted by molar-refractivity contribution is -0.116. The maximum atomic E-state index is 11.7. The van der Waals surface area contributed by atoms with Crippen molar-refractivity contribution in [1.82, 2.24) is 0 Å². The van der Waals surface area contributed by atoms with Gasteiger partial charge >= 0.3 is 0 Å². The number of carbonyl (C=O) groups excluding carboxylic acids is 1. The van der Waals surface area contributed by atoms with Gasteiger partial charge in [0.25, 0.3) is 0 Å². The smallest absolute Gasteiger partial charge is 0.147 e. The number of halogens is 1. The molecule has 1 aromatic rings. The maximum absolute atomic E-state index is 11.7. The Kier molecular flexibility index (Phi) is 4.88. The number of hydrogen-bond donors (Lipinski definition) is 0. The van der Waals surface area contributed by atoms with E-state index in [0.29, 0.717) is 17.2 Å². The molecule has 1 nitrogen and oxygen atoms in total. The summed E-state index contributed by atoms with van der Waals surface area (Å²) >= 11 is 7.67. The van der Waals surface area contributed by atoms with Crippen LogP contribution in [0.25, 0.3) is 0 Å². The summed E-state index contributed by atoms with van der Waals surface area (Å²) in [7, 11) is 0. The summed E-state index contributed by atoms with van der Waals surface area (Å²) in [4.78, 5) is 11.7. The van der Waals surface area contributed by atoms with Crippen molar-refractivity contribution < 1.29 is 4.79 Å². The van der Waals surface area contributed by atoms with Crippen molar-refractivity contribution in [3.8, 4) is 0 Å². The van der Waals surface area contributed by atoms with E-state index in [1.165, 1.54) is 0 Å². The minimum absolute atomic E-state index is 0.135. The highest BCUT2D eigenvalue weighted by Crippen LogP contribution is 2.24. The highest BCUT2D eigenvalue weighted by atomic mass is 35.5. The second kappa shape index (κ2) is 5.74. The fourth-order valence-electron chi connectivity index (χ4n) is 1.20. The Bertz CT molecular complexity index is 368. The number of carbonyl (C=O) groups is 1. The molecule has 0 atom stereocenters. The van der Waals surface area contributed by atoms with Crippen molar-refractivity contribution in [3.05, 3.63) is 34.9 Å². The van der Waals surface area contributed by atoms with Gasteiger partial charge in [-0.05, 0) is 11.6 Å². The van der Waals surface area contributed by atoms with Crippen molar-refractivity contribution in [2.45, 2.75) is 31.9 Å². The molecule has 0 aromatic heterocycles. The van der Waals surface area contributed by atoms with Gasteiger partial charge in [0, 0.05) is 16.2 Å². The first kappa shape index (κ1) is 13.6. The van der Waals surface area contributed by atoms with Gasteiger partial charge in [-0.3, -0.25) is 4.79 Å². The number of Topliss-reactive ketones (excluding diaryl/α,β-unsaturated/α-hetero) is 1. The standard InChI is InChI=1S/C13H17ClOS/c1-13(2,3)16-9-11(15)8-10-6-4-5-7-12(10)14/h4-7H,8-9H2,1-3H3. The molecule has 3 heteroatoms. The third-order valence-corrected chi connectivity index (χ3v) is 3.71. The molecule has 0 radical (unpaired) electrons. The van der Waals surface area contributed by atoms with E-state index in [-0.39, 0.29) is 10.5 Å². The lowest BCUT2D eigenvalue weighted by Crippen LogP contribution is -2.14. The first-order chi connectivity index (χ1) is 7.38. The summed E-state index contributed by atoms with van der Waals surface area (Å²) in [6.07, 6.45) is 0.433. The van der Waals surface area contributed by atoms with Gasteiger partial charge in [-0.25, -0.2) is 0 Å². The van der Waals surface area contributed by atoms with Crippen LogP contribution in [0.15, 0.2) is 24.3 Å². The lowest BCUT2D eigenvalue weighted by Gasteiger charge is -2.16. The van der Waals surface area contributed by atoms with Crippen LogP contribution in [0.5, 0.6) is 0 Å². The summed E-state index contributed by atoms with van der Waals surface area (Å²) < 4.78 is 0.135. The quantitative estimate of drug-likeness (QED) is 0.811. The fourth-order valence-corrected chi connectivity index (χ4v) is 2.10.